The highest BCUT2D eigenvalue weighted by Gasteiger charge is 2.30. The summed E-state index contributed by atoms with van der Waals surface area (Å²) < 4.78 is 14.4. The topological polar surface area (TPSA) is 82.2 Å². The average molecular weight is 467 g/mol. The Labute approximate surface area is 196 Å². The Hall–Kier alpha value is -3.41. The molecule has 0 aliphatic carbocycles. The normalized spacial score (nSPS) is 18.0. The van der Waals surface area contributed by atoms with Crippen LogP contribution in [0.5, 0.6) is 0 Å². The van der Waals surface area contributed by atoms with Gasteiger partial charge in [0.05, 0.1) is 27.5 Å². The number of halogens is 2. The number of urea groups is 1. The maximum atomic E-state index is 14.4. The molecule has 33 heavy (non-hydrogen) atoms. The molecule has 0 radical (unpaired) electrons. The number of anilines is 3. The number of nitrogens with one attached hydrogen (secondary N) is 3. The lowest BCUT2D eigenvalue weighted by molar-refractivity contribution is 0.254. The number of amides is 2. The summed E-state index contributed by atoms with van der Waals surface area (Å²) >= 11 is 5.91. The molecule has 1 unspecified atom stereocenters. The molecule has 0 spiro atoms. The van der Waals surface area contributed by atoms with Gasteiger partial charge in [0, 0.05) is 24.4 Å². The van der Waals surface area contributed by atoms with Crippen molar-refractivity contribution in [3.8, 4) is 11.8 Å². The zero-order valence-corrected chi connectivity index (χ0v) is 19.3. The van der Waals surface area contributed by atoms with Gasteiger partial charge in [-0.25, -0.2) is 19.2 Å². The summed E-state index contributed by atoms with van der Waals surface area (Å²) in [4.78, 5) is 23.0. The molecule has 170 valence electrons. The molecular formula is C24H24ClFN6O. The lowest BCUT2D eigenvalue weighted by Crippen LogP contribution is -2.25. The Bertz CT molecular complexity index is 1290. The van der Waals surface area contributed by atoms with Gasteiger partial charge in [-0.05, 0) is 51.2 Å². The number of carbonyl (C=O) groups excluding carboxylic acids is 1. The second-order valence-corrected chi connectivity index (χ2v) is 8.77. The van der Waals surface area contributed by atoms with Gasteiger partial charge in [-0.1, -0.05) is 29.5 Å². The minimum atomic E-state index is -0.577. The quantitative estimate of drug-likeness (QED) is 0.491. The van der Waals surface area contributed by atoms with Crippen LogP contribution in [0.1, 0.15) is 18.9 Å². The number of benzene rings is 2. The van der Waals surface area contributed by atoms with E-state index in [1.54, 1.807) is 24.3 Å². The molecule has 0 saturated carbocycles. The Morgan fingerprint density at radius 3 is 2.82 bits per heavy atom. The molecule has 1 fully saturated rings. The Balaban J connectivity index is 1.79. The molecule has 3 N–H and O–H groups in total. The Morgan fingerprint density at radius 2 is 2.09 bits per heavy atom. The molecule has 2 aromatic carbocycles. The number of hydrogen-bond donors (Lipinski definition) is 3. The molecule has 1 aliphatic rings. The summed E-state index contributed by atoms with van der Waals surface area (Å²) in [6.45, 7) is 4.02. The summed E-state index contributed by atoms with van der Waals surface area (Å²) in [5.74, 6) is 6.43. The minimum absolute atomic E-state index is 0.00365. The van der Waals surface area contributed by atoms with Crippen molar-refractivity contribution < 1.29 is 9.18 Å². The van der Waals surface area contributed by atoms with Crippen LogP contribution >= 0.6 is 11.6 Å². The molecule has 1 saturated heterocycles. The van der Waals surface area contributed by atoms with E-state index in [0.29, 0.717) is 28.0 Å². The molecule has 1 aromatic heterocycles. The zero-order valence-electron chi connectivity index (χ0n) is 18.6. The largest absolute Gasteiger partial charge is 0.341 e. The smallest absolute Gasteiger partial charge is 0.319 e. The van der Waals surface area contributed by atoms with Gasteiger partial charge in [-0.3, -0.25) is 0 Å². The van der Waals surface area contributed by atoms with Crippen LogP contribution in [0, 0.1) is 23.1 Å². The molecule has 2 amide bonds. The summed E-state index contributed by atoms with van der Waals surface area (Å²) in [5.41, 5.74) is 1.81. The second-order valence-electron chi connectivity index (χ2n) is 8.37. The number of aromatic nitrogens is 2. The highest BCUT2D eigenvalue weighted by atomic mass is 35.5. The Morgan fingerprint density at radius 1 is 1.27 bits per heavy atom. The van der Waals surface area contributed by atoms with Crippen molar-refractivity contribution in [2.75, 3.05) is 37.8 Å². The van der Waals surface area contributed by atoms with Crippen molar-refractivity contribution >= 4 is 45.7 Å². The van der Waals surface area contributed by atoms with Crippen LogP contribution < -0.4 is 16.0 Å². The first kappa shape index (κ1) is 22.8. The van der Waals surface area contributed by atoms with Crippen molar-refractivity contribution in [3.63, 3.8) is 0 Å². The fourth-order valence-electron chi connectivity index (χ4n) is 3.83. The third-order valence-corrected chi connectivity index (χ3v) is 5.91. The van der Waals surface area contributed by atoms with E-state index in [2.05, 4.69) is 56.6 Å². The first-order valence-electron chi connectivity index (χ1n) is 10.5. The van der Waals surface area contributed by atoms with Crippen LogP contribution in [0.25, 0.3) is 10.9 Å². The molecule has 4 rings (SSSR count). The van der Waals surface area contributed by atoms with Crippen molar-refractivity contribution in [1.82, 2.24) is 20.2 Å². The summed E-state index contributed by atoms with van der Waals surface area (Å²) in [7, 11) is 3.62. The molecule has 9 heteroatoms. The predicted octanol–water partition coefficient (Wildman–Crippen LogP) is 4.61. The lowest BCUT2D eigenvalue weighted by Gasteiger charge is -2.16. The van der Waals surface area contributed by atoms with E-state index in [9.17, 15) is 9.18 Å². The van der Waals surface area contributed by atoms with Crippen molar-refractivity contribution in [3.05, 3.63) is 53.1 Å². The van der Waals surface area contributed by atoms with E-state index in [4.69, 9.17) is 11.6 Å². The molecular weight excluding hydrogens is 443 g/mol. The molecule has 3 aromatic rings. The summed E-state index contributed by atoms with van der Waals surface area (Å²) in [6.07, 6.45) is 2.37. The highest BCUT2D eigenvalue weighted by molar-refractivity contribution is 6.31. The predicted molar refractivity (Wildman–Crippen MR) is 129 cm³/mol. The first-order valence-corrected chi connectivity index (χ1v) is 10.9. The number of likely N-dealkylation sites (tertiary alicyclic amines) is 1. The maximum Gasteiger partial charge on any atom is 0.319 e. The number of nitrogens with zero attached hydrogens (tertiary/aromatic N) is 3. The van der Waals surface area contributed by atoms with Gasteiger partial charge in [0.25, 0.3) is 0 Å². The van der Waals surface area contributed by atoms with Crippen molar-refractivity contribution in [2.24, 2.45) is 5.41 Å². The van der Waals surface area contributed by atoms with E-state index < -0.39 is 5.82 Å². The van der Waals surface area contributed by atoms with Crippen molar-refractivity contribution in [2.45, 2.75) is 13.3 Å². The highest BCUT2D eigenvalue weighted by Crippen LogP contribution is 2.32. The average Bonchev–Trinajstić information content (AvgIpc) is 3.14. The SMILES string of the molecule is CNC(=O)Nc1cc2c(Nc3cccc(Cl)c3F)ncnc2cc1C#CC1(C)CCN(C)C1. The molecule has 1 atom stereocenters. The van der Waals surface area contributed by atoms with Crippen LogP contribution in [0.15, 0.2) is 36.7 Å². The number of fused-ring (bicyclic) bond motifs is 1. The third-order valence-electron chi connectivity index (χ3n) is 5.62. The lowest BCUT2D eigenvalue weighted by atomic mass is 9.90. The fourth-order valence-corrected chi connectivity index (χ4v) is 4.01. The first-order chi connectivity index (χ1) is 15.8. The van der Waals surface area contributed by atoms with E-state index >= 15 is 0 Å². The zero-order chi connectivity index (χ0) is 23.6. The van der Waals surface area contributed by atoms with Crippen LogP contribution in [-0.2, 0) is 0 Å². The van der Waals surface area contributed by atoms with E-state index in [1.807, 2.05) is 0 Å². The standard InChI is InChI=1S/C24H24ClFN6O/c1-24(9-10-32(3)13-24)8-7-15-11-20-16(12-19(15)31-23(33)27-2)22(29-14-28-20)30-18-6-4-5-17(25)21(18)26/h4-6,11-12,14H,9-10,13H2,1-3H3,(H2,27,31,33)(H,28,29,30). The van der Waals surface area contributed by atoms with Crippen LogP contribution in [0.3, 0.4) is 0 Å². The van der Waals surface area contributed by atoms with E-state index in [-0.39, 0.29) is 22.2 Å². The fraction of sp³-hybridized carbons (Fsp3) is 0.292. The minimum Gasteiger partial charge on any atom is -0.341 e. The molecule has 1 aliphatic heterocycles. The molecule has 0 bridgehead atoms. The number of rotatable bonds is 3. The van der Waals surface area contributed by atoms with Gasteiger partial charge in [-0.2, -0.15) is 0 Å². The molecule has 7 nitrogen and oxygen atoms in total. The van der Waals surface area contributed by atoms with Crippen molar-refractivity contribution in [1.29, 1.82) is 0 Å². The summed E-state index contributed by atoms with van der Waals surface area (Å²) in [5, 5.41) is 8.95. The van der Waals surface area contributed by atoms with Gasteiger partial charge >= 0.3 is 6.03 Å². The number of hydrogen-bond acceptors (Lipinski definition) is 5. The van der Waals surface area contributed by atoms with Gasteiger partial charge in [-0.15, -0.1) is 0 Å². The van der Waals surface area contributed by atoms with E-state index in [0.717, 1.165) is 19.5 Å². The number of carbonyl (C=O) groups is 1. The van der Waals surface area contributed by atoms with Gasteiger partial charge < -0.3 is 20.9 Å². The third kappa shape index (κ3) is 5.00. The van der Waals surface area contributed by atoms with Gasteiger partial charge in [0.1, 0.15) is 12.1 Å². The monoisotopic (exact) mass is 466 g/mol. The van der Waals surface area contributed by atoms with E-state index in [1.165, 1.54) is 19.4 Å². The Kier molecular flexibility index (Phi) is 6.36. The molecule has 2 heterocycles. The maximum absolute atomic E-state index is 14.4. The van der Waals surface area contributed by atoms with Crippen LogP contribution in [0.2, 0.25) is 5.02 Å². The van der Waals surface area contributed by atoms with Crippen LogP contribution in [0.4, 0.5) is 26.4 Å². The van der Waals surface area contributed by atoms with Gasteiger partial charge in [0.2, 0.25) is 0 Å². The van der Waals surface area contributed by atoms with Gasteiger partial charge in [0.15, 0.2) is 5.82 Å². The summed E-state index contributed by atoms with van der Waals surface area (Å²) in [6, 6.07) is 7.84. The second kappa shape index (κ2) is 9.22. The van der Waals surface area contributed by atoms with Crippen LogP contribution in [-0.4, -0.2) is 48.1 Å².